The predicted molar refractivity (Wildman–Crippen MR) is 82.3 cm³/mol. The second-order valence-electron chi connectivity index (χ2n) is 5.76. The number of rotatable bonds is 7. The van der Waals surface area contributed by atoms with Crippen molar-refractivity contribution >= 4 is 0 Å². The Bertz CT molecular complexity index is 408. The number of hydrogen-bond donors (Lipinski definition) is 1. The van der Waals surface area contributed by atoms with E-state index >= 15 is 0 Å². The Hall–Kier alpha value is -1.06. The minimum absolute atomic E-state index is 0.399. The van der Waals surface area contributed by atoms with E-state index in [2.05, 4.69) is 37.4 Å². The minimum atomic E-state index is 0.399. The van der Waals surface area contributed by atoms with E-state index in [4.69, 9.17) is 9.47 Å². The summed E-state index contributed by atoms with van der Waals surface area (Å²) in [5.41, 5.74) is 1.33. The van der Waals surface area contributed by atoms with Gasteiger partial charge in [-0.3, -0.25) is 0 Å². The highest BCUT2D eigenvalue weighted by Gasteiger charge is 2.29. The van der Waals surface area contributed by atoms with Gasteiger partial charge in [-0.2, -0.15) is 0 Å². The molecule has 0 radical (unpaired) electrons. The fraction of sp³-hybridized carbons (Fsp3) is 0.647. The van der Waals surface area contributed by atoms with E-state index in [1.807, 2.05) is 6.07 Å². The van der Waals surface area contributed by atoms with Crippen LogP contribution >= 0.6 is 0 Å². The Labute approximate surface area is 122 Å². The molecule has 20 heavy (non-hydrogen) atoms. The van der Waals surface area contributed by atoms with Crippen LogP contribution in [0.15, 0.2) is 24.3 Å². The lowest BCUT2D eigenvalue weighted by atomic mass is 9.91. The van der Waals surface area contributed by atoms with Crippen molar-refractivity contribution < 1.29 is 9.47 Å². The SMILES string of the molecule is CCCNC(Cc1cccc(OC)c1)C1COC(C)C1. The number of benzene rings is 1. The molecule has 1 heterocycles. The van der Waals surface area contributed by atoms with Gasteiger partial charge in [0.15, 0.2) is 0 Å². The number of ether oxygens (including phenoxy) is 2. The number of methoxy groups -OCH3 is 1. The van der Waals surface area contributed by atoms with Gasteiger partial charge in [0.2, 0.25) is 0 Å². The summed E-state index contributed by atoms with van der Waals surface area (Å²) in [6.07, 6.45) is 3.76. The van der Waals surface area contributed by atoms with E-state index in [1.54, 1.807) is 7.11 Å². The van der Waals surface area contributed by atoms with Crippen molar-refractivity contribution in [2.24, 2.45) is 5.92 Å². The Balaban J connectivity index is 2.02. The van der Waals surface area contributed by atoms with Crippen LogP contribution in [0.4, 0.5) is 0 Å². The molecule has 3 nitrogen and oxygen atoms in total. The molecule has 0 amide bonds. The summed E-state index contributed by atoms with van der Waals surface area (Å²) in [7, 11) is 1.72. The maximum atomic E-state index is 5.74. The monoisotopic (exact) mass is 277 g/mol. The van der Waals surface area contributed by atoms with Gasteiger partial charge in [0.05, 0.1) is 19.8 Å². The second-order valence-corrected chi connectivity index (χ2v) is 5.76. The molecule has 112 valence electrons. The smallest absolute Gasteiger partial charge is 0.119 e. The molecule has 0 saturated carbocycles. The number of hydrogen-bond acceptors (Lipinski definition) is 3. The van der Waals surface area contributed by atoms with E-state index in [9.17, 15) is 0 Å². The van der Waals surface area contributed by atoms with E-state index in [1.165, 1.54) is 5.56 Å². The third kappa shape index (κ3) is 4.22. The standard InChI is InChI=1S/C17H27NO2/c1-4-8-18-17(15-9-13(2)20-12-15)11-14-6-5-7-16(10-14)19-3/h5-7,10,13,15,17-18H,4,8-9,11-12H2,1-3H3. The fourth-order valence-corrected chi connectivity index (χ4v) is 2.92. The van der Waals surface area contributed by atoms with Gasteiger partial charge in [0.25, 0.3) is 0 Å². The Morgan fingerprint density at radius 2 is 2.30 bits per heavy atom. The molecule has 1 aromatic carbocycles. The van der Waals surface area contributed by atoms with E-state index in [0.29, 0.717) is 18.1 Å². The molecule has 2 rings (SSSR count). The lowest BCUT2D eigenvalue weighted by Crippen LogP contribution is -2.39. The van der Waals surface area contributed by atoms with Crippen LogP contribution in [-0.4, -0.2) is 32.4 Å². The normalized spacial score (nSPS) is 23.8. The highest BCUT2D eigenvalue weighted by molar-refractivity contribution is 5.29. The molecule has 0 bridgehead atoms. The Morgan fingerprint density at radius 3 is 2.95 bits per heavy atom. The topological polar surface area (TPSA) is 30.5 Å². The summed E-state index contributed by atoms with van der Waals surface area (Å²) >= 11 is 0. The minimum Gasteiger partial charge on any atom is -0.497 e. The summed E-state index contributed by atoms with van der Waals surface area (Å²) in [5, 5.41) is 3.70. The van der Waals surface area contributed by atoms with Gasteiger partial charge in [0, 0.05) is 12.0 Å². The van der Waals surface area contributed by atoms with Crippen molar-refractivity contribution in [1.82, 2.24) is 5.32 Å². The third-order valence-corrected chi connectivity index (χ3v) is 4.04. The van der Waals surface area contributed by atoms with Crippen molar-refractivity contribution in [3.05, 3.63) is 29.8 Å². The molecule has 1 saturated heterocycles. The van der Waals surface area contributed by atoms with Crippen molar-refractivity contribution in [2.45, 2.75) is 45.3 Å². The quantitative estimate of drug-likeness (QED) is 0.831. The van der Waals surface area contributed by atoms with Gasteiger partial charge in [-0.05, 0) is 50.4 Å². The van der Waals surface area contributed by atoms with E-state index in [0.717, 1.165) is 38.2 Å². The van der Waals surface area contributed by atoms with Crippen molar-refractivity contribution in [1.29, 1.82) is 0 Å². The first-order valence-electron chi connectivity index (χ1n) is 7.70. The van der Waals surface area contributed by atoms with Crippen LogP contribution in [-0.2, 0) is 11.2 Å². The van der Waals surface area contributed by atoms with Gasteiger partial charge >= 0.3 is 0 Å². The molecule has 3 unspecified atom stereocenters. The zero-order valence-corrected chi connectivity index (χ0v) is 12.9. The van der Waals surface area contributed by atoms with Gasteiger partial charge in [-0.1, -0.05) is 19.1 Å². The Morgan fingerprint density at radius 1 is 1.45 bits per heavy atom. The van der Waals surface area contributed by atoms with Crippen LogP contribution in [0.1, 0.15) is 32.3 Å². The van der Waals surface area contributed by atoms with Gasteiger partial charge in [-0.15, -0.1) is 0 Å². The summed E-state index contributed by atoms with van der Waals surface area (Å²) in [6.45, 7) is 6.33. The molecule has 3 heteroatoms. The summed E-state index contributed by atoms with van der Waals surface area (Å²) < 4.78 is 11.1. The van der Waals surface area contributed by atoms with E-state index < -0.39 is 0 Å². The van der Waals surface area contributed by atoms with Crippen LogP contribution in [0.2, 0.25) is 0 Å². The molecular weight excluding hydrogens is 250 g/mol. The summed E-state index contributed by atoms with van der Waals surface area (Å²) in [4.78, 5) is 0. The van der Waals surface area contributed by atoms with Gasteiger partial charge < -0.3 is 14.8 Å². The first-order chi connectivity index (χ1) is 9.72. The number of nitrogens with one attached hydrogen (secondary N) is 1. The van der Waals surface area contributed by atoms with Crippen molar-refractivity contribution in [2.75, 3.05) is 20.3 Å². The fourth-order valence-electron chi connectivity index (χ4n) is 2.92. The molecule has 0 aromatic heterocycles. The molecule has 0 spiro atoms. The van der Waals surface area contributed by atoms with Crippen LogP contribution in [0.3, 0.4) is 0 Å². The van der Waals surface area contributed by atoms with E-state index in [-0.39, 0.29) is 0 Å². The molecule has 1 aromatic rings. The molecule has 0 aliphatic carbocycles. The molecule has 1 fully saturated rings. The molecule has 1 aliphatic rings. The van der Waals surface area contributed by atoms with Crippen molar-refractivity contribution in [3.8, 4) is 5.75 Å². The zero-order chi connectivity index (χ0) is 14.4. The largest absolute Gasteiger partial charge is 0.497 e. The molecule has 1 N–H and O–H groups in total. The first-order valence-corrected chi connectivity index (χ1v) is 7.70. The average Bonchev–Trinajstić information content (AvgIpc) is 2.90. The average molecular weight is 277 g/mol. The summed E-state index contributed by atoms with van der Waals surface area (Å²) in [6, 6.07) is 8.88. The molecular formula is C17H27NO2. The first kappa shape index (κ1) is 15.3. The second kappa shape index (κ2) is 7.65. The van der Waals surface area contributed by atoms with Crippen LogP contribution in [0, 0.1) is 5.92 Å². The lowest BCUT2D eigenvalue weighted by Gasteiger charge is -2.24. The third-order valence-electron chi connectivity index (χ3n) is 4.04. The Kier molecular flexibility index (Phi) is 5.86. The predicted octanol–water partition coefficient (Wildman–Crippen LogP) is 3.03. The maximum Gasteiger partial charge on any atom is 0.119 e. The molecule has 3 atom stereocenters. The summed E-state index contributed by atoms with van der Waals surface area (Å²) in [5.74, 6) is 1.55. The zero-order valence-electron chi connectivity index (χ0n) is 12.9. The van der Waals surface area contributed by atoms with Gasteiger partial charge in [-0.25, -0.2) is 0 Å². The highest BCUT2D eigenvalue weighted by atomic mass is 16.5. The van der Waals surface area contributed by atoms with Crippen LogP contribution in [0.5, 0.6) is 5.75 Å². The molecule has 1 aliphatic heterocycles. The highest BCUT2D eigenvalue weighted by Crippen LogP contribution is 2.25. The maximum absolute atomic E-state index is 5.74. The lowest BCUT2D eigenvalue weighted by molar-refractivity contribution is 0.117. The van der Waals surface area contributed by atoms with Crippen LogP contribution in [0.25, 0.3) is 0 Å². The van der Waals surface area contributed by atoms with Crippen LogP contribution < -0.4 is 10.1 Å². The van der Waals surface area contributed by atoms with Gasteiger partial charge in [0.1, 0.15) is 5.75 Å². The van der Waals surface area contributed by atoms with Crippen molar-refractivity contribution in [3.63, 3.8) is 0 Å².